The van der Waals surface area contributed by atoms with Gasteiger partial charge in [0.2, 0.25) is 0 Å². The molecule has 0 radical (unpaired) electrons. The average Bonchev–Trinajstić information content (AvgIpc) is 2.66. The number of likely N-dealkylation sites (tertiary alicyclic amines) is 1. The van der Waals surface area contributed by atoms with Gasteiger partial charge in [-0.1, -0.05) is 6.07 Å². The highest BCUT2D eigenvalue weighted by Crippen LogP contribution is 2.50. The monoisotopic (exact) mass is 318 g/mol. The van der Waals surface area contributed by atoms with Crippen LogP contribution in [0.3, 0.4) is 0 Å². The highest BCUT2D eigenvalue weighted by atomic mass is 16.6. The second kappa shape index (κ2) is 5.20. The number of pyridine rings is 1. The molecule has 1 aromatic heterocycles. The number of piperidine rings is 1. The number of ether oxygens (including phenoxy) is 2. The van der Waals surface area contributed by atoms with Crippen LogP contribution >= 0.6 is 0 Å². The molecule has 0 atom stereocenters. The summed E-state index contributed by atoms with van der Waals surface area (Å²) in [6.07, 6.45) is 3.12. The zero-order chi connectivity index (χ0) is 16.9. The third kappa shape index (κ3) is 2.94. The summed E-state index contributed by atoms with van der Waals surface area (Å²) in [4.78, 5) is 18.6. The maximum atomic E-state index is 12.2. The maximum Gasteiger partial charge on any atom is 0.410 e. The van der Waals surface area contributed by atoms with Gasteiger partial charge in [-0.25, -0.2) is 4.79 Å². The Balaban J connectivity index is 1.76. The third-order valence-electron chi connectivity index (χ3n) is 4.54. The first-order valence-corrected chi connectivity index (χ1v) is 8.27. The fraction of sp³-hybridized carbons (Fsp3) is 0.667. The molecule has 0 saturated carbocycles. The second-order valence-electron chi connectivity index (χ2n) is 7.97. The number of fused-ring (bicyclic) bond motifs is 2. The van der Waals surface area contributed by atoms with Crippen LogP contribution in [-0.2, 0) is 20.7 Å². The van der Waals surface area contributed by atoms with Crippen molar-refractivity contribution in [3.63, 3.8) is 0 Å². The van der Waals surface area contributed by atoms with Crippen molar-refractivity contribution >= 4 is 6.09 Å². The molecular weight excluding hydrogens is 292 g/mol. The van der Waals surface area contributed by atoms with E-state index in [1.54, 1.807) is 4.90 Å². The van der Waals surface area contributed by atoms with E-state index in [1.807, 2.05) is 33.0 Å². The Bertz CT molecular complexity index is 611. The Hall–Kier alpha value is -1.62. The molecule has 126 valence electrons. The van der Waals surface area contributed by atoms with Crippen molar-refractivity contribution in [2.45, 2.75) is 64.3 Å². The number of aromatic nitrogens is 1. The van der Waals surface area contributed by atoms with Gasteiger partial charge in [0.15, 0.2) is 0 Å². The van der Waals surface area contributed by atoms with Crippen LogP contribution in [0.25, 0.3) is 0 Å². The van der Waals surface area contributed by atoms with Crippen LogP contribution in [0.1, 0.15) is 58.7 Å². The predicted molar refractivity (Wildman–Crippen MR) is 87.1 cm³/mol. The van der Waals surface area contributed by atoms with Crippen molar-refractivity contribution in [1.82, 2.24) is 9.88 Å². The van der Waals surface area contributed by atoms with Gasteiger partial charge in [-0.15, -0.1) is 0 Å². The molecule has 1 saturated heterocycles. The number of nitrogens with zero attached hydrogens (tertiary/aromatic N) is 2. The Morgan fingerprint density at radius 1 is 1.30 bits per heavy atom. The summed E-state index contributed by atoms with van der Waals surface area (Å²) in [6, 6.07) is 4.08. The van der Waals surface area contributed by atoms with Crippen LogP contribution in [0.5, 0.6) is 0 Å². The second-order valence-corrected chi connectivity index (χ2v) is 7.97. The summed E-state index contributed by atoms with van der Waals surface area (Å²) in [7, 11) is 0. The number of amides is 1. The molecule has 3 heterocycles. The van der Waals surface area contributed by atoms with Gasteiger partial charge in [0, 0.05) is 24.8 Å². The first-order valence-electron chi connectivity index (χ1n) is 8.27. The molecule has 5 nitrogen and oxygen atoms in total. The first-order chi connectivity index (χ1) is 10.6. The number of rotatable bonds is 0. The van der Waals surface area contributed by atoms with Crippen LogP contribution in [0.15, 0.2) is 18.3 Å². The molecular formula is C18H26N2O3. The standard InChI is InChI=1S/C18H26N2O3/c1-16(2,3)22-15(21)20-11-8-18(9-12-20)13-7-6-10-19-14(13)17(4,5)23-18/h6-7,10H,8-9,11-12H2,1-5H3. The number of hydrogen-bond acceptors (Lipinski definition) is 4. The molecule has 0 N–H and O–H groups in total. The van der Waals surface area contributed by atoms with E-state index in [2.05, 4.69) is 24.9 Å². The minimum absolute atomic E-state index is 0.240. The highest BCUT2D eigenvalue weighted by Gasteiger charge is 2.51. The number of hydrogen-bond donors (Lipinski definition) is 0. The molecule has 0 aromatic carbocycles. The summed E-state index contributed by atoms with van der Waals surface area (Å²) < 4.78 is 11.9. The van der Waals surface area contributed by atoms with Gasteiger partial charge in [0.25, 0.3) is 0 Å². The molecule has 0 unspecified atom stereocenters. The lowest BCUT2D eigenvalue weighted by molar-refractivity contribution is -0.149. The summed E-state index contributed by atoms with van der Waals surface area (Å²) in [5.74, 6) is 0. The lowest BCUT2D eigenvalue weighted by Gasteiger charge is -2.40. The van der Waals surface area contributed by atoms with Crippen molar-refractivity contribution in [2.75, 3.05) is 13.1 Å². The Labute approximate surface area is 138 Å². The largest absolute Gasteiger partial charge is 0.444 e. The zero-order valence-corrected chi connectivity index (χ0v) is 14.7. The molecule has 1 fully saturated rings. The Morgan fingerprint density at radius 3 is 2.57 bits per heavy atom. The van der Waals surface area contributed by atoms with Gasteiger partial charge < -0.3 is 14.4 Å². The molecule has 1 spiro atoms. The van der Waals surface area contributed by atoms with Crippen LogP contribution < -0.4 is 0 Å². The van der Waals surface area contributed by atoms with Crippen molar-refractivity contribution in [1.29, 1.82) is 0 Å². The van der Waals surface area contributed by atoms with Crippen molar-refractivity contribution < 1.29 is 14.3 Å². The fourth-order valence-corrected chi connectivity index (χ4v) is 3.59. The summed E-state index contributed by atoms with van der Waals surface area (Å²) >= 11 is 0. The van der Waals surface area contributed by atoms with Gasteiger partial charge >= 0.3 is 6.09 Å². The van der Waals surface area contributed by atoms with E-state index < -0.39 is 5.60 Å². The van der Waals surface area contributed by atoms with Crippen molar-refractivity contribution in [3.8, 4) is 0 Å². The summed E-state index contributed by atoms with van der Waals surface area (Å²) in [6.45, 7) is 11.1. The van der Waals surface area contributed by atoms with Gasteiger partial charge in [-0.2, -0.15) is 0 Å². The lowest BCUT2D eigenvalue weighted by atomic mass is 9.84. The fourth-order valence-electron chi connectivity index (χ4n) is 3.59. The smallest absolute Gasteiger partial charge is 0.410 e. The SMILES string of the molecule is CC(C)(C)OC(=O)N1CCC2(CC1)OC(C)(C)c1ncccc12. The summed E-state index contributed by atoms with van der Waals surface area (Å²) in [5, 5.41) is 0. The maximum absolute atomic E-state index is 12.2. The molecule has 23 heavy (non-hydrogen) atoms. The lowest BCUT2D eigenvalue weighted by Crippen LogP contribution is -2.47. The van der Waals surface area contributed by atoms with Crippen LogP contribution in [0.2, 0.25) is 0 Å². The molecule has 5 heteroatoms. The van der Waals surface area contributed by atoms with Crippen molar-refractivity contribution in [3.05, 3.63) is 29.6 Å². The van der Waals surface area contributed by atoms with Crippen molar-refractivity contribution in [2.24, 2.45) is 0 Å². The van der Waals surface area contributed by atoms with E-state index in [0.717, 1.165) is 18.5 Å². The van der Waals surface area contributed by atoms with Gasteiger partial charge in [-0.05, 0) is 53.5 Å². The predicted octanol–water partition coefficient (Wildman–Crippen LogP) is 3.57. The van der Waals surface area contributed by atoms with E-state index in [9.17, 15) is 4.79 Å². The Kier molecular flexibility index (Phi) is 3.67. The highest BCUT2D eigenvalue weighted by molar-refractivity contribution is 5.68. The normalized spacial score (nSPS) is 22.0. The van der Waals surface area contributed by atoms with Gasteiger partial charge in [0.1, 0.15) is 11.2 Å². The molecule has 0 bridgehead atoms. The average molecular weight is 318 g/mol. The van der Waals surface area contributed by atoms with Crippen LogP contribution in [0.4, 0.5) is 4.79 Å². The molecule has 3 rings (SSSR count). The van der Waals surface area contributed by atoms with Gasteiger partial charge in [0.05, 0.1) is 11.3 Å². The van der Waals surface area contributed by atoms with E-state index in [-0.39, 0.29) is 17.3 Å². The summed E-state index contributed by atoms with van der Waals surface area (Å²) in [5.41, 5.74) is 1.02. The molecule has 1 amide bonds. The number of carbonyl (C=O) groups is 1. The molecule has 1 aromatic rings. The molecule has 0 aliphatic carbocycles. The van der Waals surface area contributed by atoms with E-state index in [1.165, 1.54) is 5.56 Å². The van der Waals surface area contributed by atoms with Crippen LogP contribution in [0, 0.1) is 0 Å². The van der Waals surface area contributed by atoms with Gasteiger partial charge in [-0.3, -0.25) is 4.98 Å². The third-order valence-corrected chi connectivity index (χ3v) is 4.54. The van der Waals surface area contributed by atoms with Crippen LogP contribution in [-0.4, -0.2) is 34.7 Å². The quantitative estimate of drug-likeness (QED) is 0.734. The molecule has 2 aliphatic heterocycles. The van der Waals surface area contributed by atoms with E-state index in [0.29, 0.717) is 13.1 Å². The Morgan fingerprint density at radius 2 is 1.96 bits per heavy atom. The molecule has 2 aliphatic rings. The van der Waals surface area contributed by atoms with E-state index in [4.69, 9.17) is 9.47 Å². The first kappa shape index (κ1) is 16.2. The van der Waals surface area contributed by atoms with E-state index >= 15 is 0 Å². The zero-order valence-electron chi connectivity index (χ0n) is 14.7. The topological polar surface area (TPSA) is 51.7 Å². The number of carbonyl (C=O) groups excluding carboxylic acids is 1. The minimum Gasteiger partial charge on any atom is -0.444 e. The minimum atomic E-state index is -0.464.